The van der Waals surface area contributed by atoms with E-state index in [2.05, 4.69) is 6.92 Å². The molecule has 8 heteroatoms. The van der Waals surface area contributed by atoms with Gasteiger partial charge in [0.2, 0.25) is 23.1 Å². The van der Waals surface area contributed by atoms with Crippen molar-refractivity contribution in [2.24, 2.45) is 0 Å². The maximum absolute atomic E-state index is 12.7. The highest BCUT2D eigenvalue weighted by molar-refractivity contribution is 6.23. The van der Waals surface area contributed by atoms with E-state index in [1.165, 1.54) is 91.3 Å². The number of rotatable bonds is 27. The summed E-state index contributed by atoms with van der Waals surface area (Å²) in [5, 5.41) is 21.5. The Morgan fingerprint density at radius 1 is 0.592 bits per heavy atom. The SMILES string of the molecule is CCCCCCCCCC[C@@H](O)[C@H]1CC[C@H]([C@H]2CC[C@H]([C@H](O)CCCCCCCCCCCCC3=C(C)C(=O)C(OC)=C(OC)C3=O)O2)O1. The first-order valence-electron chi connectivity index (χ1n) is 20.1. The number of ether oxygens (including phenoxy) is 4. The molecule has 0 unspecified atom stereocenters. The van der Waals surface area contributed by atoms with Crippen molar-refractivity contribution in [2.45, 2.75) is 211 Å². The Bertz CT molecular complexity index is 1030. The Morgan fingerprint density at radius 2 is 0.980 bits per heavy atom. The normalized spacial score (nSPS) is 24.3. The number of aliphatic hydroxyl groups is 2. The molecule has 8 nitrogen and oxygen atoms in total. The first-order valence-corrected chi connectivity index (χ1v) is 20.1. The van der Waals surface area contributed by atoms with Crippen LogP contribution in [0.3, 0.4) is 0 Å². The first-order chi connectivity index (χ1) is 23.8. The van der Waals surface area contributed by atoms with E-state index in [0.717, 1.165) is 77.0 Å². The van der Waals surface area contributed by atoms with Gasteiger partial charge >= 0.3 is 0 Å². The van der Waals surface area contributed by atoms with Gasteiger partial charge in [0, 0.05) is 11.1 Å². The van der Waals surface area contributed by atoms with E-state index < -0.39 is 6.10 Å². The fourth-order valence-electron chi connectivity index (χ4n) is 7.91. The van der Waals surface area contributed by atoms with Crippen molar-refractivity contribution in [3.8, 4) is 0 Å². The molecule has 0 aromatic carbocycles. The van der Waals surface area contributed by atoms with Gasteiger partial charge in [-0.1, -0.05) is 116 Å². The van der Waals surface area contributed by atoms with Crippen LogP contribution in [0.4, 0.5) is 0 Å². The third-order valence-corrected chi connectivity index (χ3v) is 11.1. The summed E-state index contributed by atoms with van der Waals surface area (Å²) < 4.78 is 22.9. The van der Waals surface area contributed by atoms with E-state index in [0.29, 0.717) is 17.6 Å². The number of carbonyl (C=O) groups is 2. The van der Waals surface area contributed by atoms with E-state index in [1.807, 2.05) is 0 Å². The van der Waals surface area contributed by atoms with Crippen molar-refractivity contribution in [1.29, 1.82) is 0 Å². The zero-order valence-electron chi connectivity index (χ0n) is 31.5. The summed E-state index contributed by atoms with van der Waals surface area (Å²) in [6, 6.07) is 0. The van der Waals surface area contributed by atoms with Crippen LogP contribution in [0, 0.1) is 0 Å². The van der Waals surface area contributed by atoms with Crippen molar-refractivity contribution in [3.63, 3.8) is 0 Å². The first kappa shape index (κ1) is 41.7. The van der Waals surface area contributed by atoms with Crippen molar-refractivity contribution in [2.75, 3.05) is 14.2 Å². The number of methoxy groups -OCH3 is 2. The van der Waals surface area contributed by atoms with Gasteiger partial charge in [-0.25, -0.2) is 0 Å². The van der Waals surface area contributed by atoms with E-state index in [4.69, 9.17) is 18.9 Å². The van der Waals surface area contributed by atoms with E-state index in [-0.39, 0.29) is 53.6 Å². The molecule has 3 aliphatic rings. The quantitative estimate of drug-likeness (QED) is 0.0649. The highest BCUT2D eigenvalue weighted by atomic mass is 16.6. The van der Waals surface area contributed by atoms with Crippen LogP contribution >= 0.6 is 0 Å². The van der Waals surface area contributed by atoms with Crippen molar-refractivity contribution in [1.82, 2.24) is 0 Å². The summed E-state index contributed by atoms with van der Waals surface area (Å²) in [7, 11) is 2.78. The maximum Gasteiger partial charge on any atom is 0.228 e. The van der Waals surface area contributed by atoms with Gasteiger partial charge < -0.3 is 29.2 Å². The Morgan fingerprint density at radius 3 is 1.41 bits per heavy atom. The zero-order chi connectivity index (χ0) is 35.4. The van der Waals surface area contributed by atoms with Crippen LogP contribution in [0.15, 0.2) is 22.7 Å². The second-order valence-electron chi connectivity index (χ2n) is 14.9. The molecule has 1 aliphatic carbocycles. The second kappa shape index (κ2) is 23.7. The van der Waals surface area contributed by atoms with Crippen LogP contribution in [0.2, 0.25) is 0 Å². The average molecular weight is 691 g/mol. The number of aliphatic hydroxyl groups excluding tert-OH is 2. The fourth-order valence-corrected chi connectivity index (χ4v) is 7.91. The summed E-state index contributed by atoms with van der Waals surface area (Å²) in [6.07, 6.45) is 26.5. The molecule has 2 heterocycles. The van der Waals surface area contributed by atoms with Crippen LogP contribution in [-0.2, 0) is 28.5 Å². The van der Waals surface area contributed by atoms with Gasteiger partial charge in [-0.15, -0.1) is 0 Å². The Balaban J connectivity index is 1.15. The van der Waals surface area contributed by atoms with Gasteiger partial charge in [0.05, 0.1) is 50.8 Å². The van der Waals surface area contributed by atoms with Crippen LogP contribution in [0.1, 0.15) is 174 Å². The van der Waals surface area contributed by atoms with E-state index >= 15 is 0 Å². The molecular weight excluding hydrogens is 620 g/mol. The molecule has 2 saturated heterocycles. The van der Waals surface area contributed by atoms with Crippen LogP contribution in [0.25, 0.3) is 0 Å². The van der Waals surface area contributed by atoms with Crippen molar-refractivity contribution in [3.05, 3.63) is 22.7 Å². The monoisotopic (exact) mass is 691 g/mol. The minimum Gasteiger partial charge on any atom is -0.489 e. The van der Waals surface area contributed by atoms with Gasteiger partial charge in [-0.05, 0) is 58.3 Å². The molecule has 0 aromatic heterocycles. The lowest BCUT2D eigenvalue weighted by molar-refractivity contribution is -0.121. The standard InChI is InChI=1S/C41H70O8/c1-5-6-7-8-9-15-18-21-24-32(42)34-26-28-36(48-34)37-29-27-35(49-37)33(43)25-22-19-16-13-11-10-12-14-17-20-23-31-30(2)38(44)40(46-3)41(47-4)39(31)45/h32-37,42-43H,5-29H2,1-4H3/t32-,33-,34-,35-,36-,37-/m1/s1. The average Bonchev–Trinajstić information content (AvgIpc) is 3.80. The molecule has 2 aliphatic heterocycles. The lowest BCUT2D eigenvalue weighted by Gasteiger charge is -2.24. The van der Waals surface area contributed by atoms with Gasteiger partial charge in [-0.3, -0.25) is 9.59 Å². The molecule has 2 fully saturated rings. The van der Waals surface area contributed by atoms with Gasteiger partial charge in [0.25, 0.3) is 0 Å². The predicted octanol–water partition coefficient (Wildman–Crippen LogP) is 8.99. The summed E-state index contributed by atoms with van der Waals surface area (Å²) in [4.78, 5) is 25.3. The second-order valence-corrected chi connectivity index (χ2v) is 14.9. The lowest BCUT2D eigenvalue weighted by Crippen LogP contribution is -2.33. The summed E-state index contributed by atoms with van der Waals surface area (Å²) in [6.45, 7) is 3.95. The molecule has 3 rings (SSSR count). The summed E-state index contributed by atoms with van der Waals surface area (Å²) in [5.41, 5.74) is 1.03. The highest BCUT2D eigenvalue weighted by Crippen LogP contribution is 2.35. The third-order valence-electron chi connectivity index (χ3n) is 11.1. The van der Waals surface area contributed by atoms with Gasteiger partial charge in [0.1, 0.15) is 0 Å². The molecule has 0 amide bonds. The molecule has 6 atom stereocenters. The van der Waals surface area contributed by atoms with Crippen LogP contribution in [0.5, 0.6) is 0 Å². The number of hydrogen-bond donors (Lipinski definition) is 2. The van der Waals surface area contributed by atoms with E-state index in [9.17, 15) is 19.8 Å². The Hall–Kier alpha value is -1.74. The molecule has 0 saturated carbocycles. The number of hydrogen-bond acceptors (Lipinski definition) is 8. The van der Waals surface area contributed by atoms with Crippen molar-refractivity contribution < 1.29 is 38.7 Å². The maximum atomic E-state index is 12.7. The molecule has 0 radical (unpaired) electrons. The topological polar surface area (TPSA) is 112 Å². The number of allylic oxidation sites excluding steroid dienone is 2. The summed E-state index contributed by atoms with van der Waals surface area (Å²) in [5.74, 6) is -0.455. The molecule has 2 N–H and O–H groups in total. The molecule has 49 heavy (non-hydrogen) atoms. The Labute approximate surface area is 297 Å². The molecule has 282 valence electrons. The minimum absolute atomic E-state index is 0.00567. The van der Waals surface area contributed by atoms with E-state index in [1.54, 1.807) is 6.92 Å². The molecule has 0 spiro atoms. The zero-order valence-corrected chi connectivity index (χ0v) is 31.5. The molecule has 0 aromatic rings. The minimum atomic E-state index is -0.407. The number of Topliss-reactive ketones (excluding diaryl/α,β-unsaturated/α-hetero) is 2. The highest BCUT2D eigenvalue weighted by Gasteiger charge is 2.40. The predicted molar refractivity (Wildman–Crippen MR) is 194 cm³/mol. The van der Waals surface area contributed by atoms with Crippen LogP contribution < -0.4 is 0 Å². The smallest absolute Gasteiger partial charge is 0.228 e. The summed E-state index contributed by atoms with van der Waals surface area (Å²) >= 11 is 0. The van der Waals surface area contributed by atoms with Crippen molar-refractivity contribution >= 4 is 11.6 Å². The van der Waals surface area contributed by atoms with Gasteiger partial charge in [0.15, 0.2) is 0 Å². The molecule has 0 bridgehead atoms. The number of carbonyl (C=O) groups excluding carboxylic acids is 2. The lowest BCUT2D eigenvalue weighted by atomic mass is 9.89. The Kier molecular flexibility index (Phi) is 20.1. The number of unbranched alkanes of at least 4 members (excludes halogenated alkanes) is 16. The van der Waals surface area contributed by atoms with Gasteiger partial charge in [-0.2, -0.15) is 0 Å². The third kappa shape index (κ3) is 13.7. The fraction of sp³-hybridized carbons (Fsp3) is 0.854. The largest absolute Gasteiger partial charge is 0.489 e. The van der Waals surface area contributed by atoms with Crippen LogP contribution in [-0.4, -0.2) is 72.6 Å². The number of ketones is 2. The molecular formula is C41H70O8.